The summed E-state index contributed by atoms with van der Waals surface area (Å²) in [4.78, 5) is 14.4. The van der Waals surface area contributed by atoms with Crippen molar-refractivity contribution < 1.29 is 4.79 Å². The second kappa shape index (κ2) is 5.19. The Bertz CT molecular complexity index is 414. The van der Waals surface area contributed by atoms with Crippen LogP contribution in [-0.4, -0.2) is 18.5 Å². The Morgan fingerprint density at radius 3 is 2.88 bits per heavy atom. The van der Waals surface area contributed by atoms with Crippen LogP contribution in [0.1, 0.15) is 41.1 Å². The SMILES string of the molecule is Cc1cc(C(C)NC2CCCNC2=O)c(C)s1. The maximum absolute atomic E-state index is 11.7. The van der Waals surface area contributed by atoms with Gasteiger partial charge in [-0.1, -0.05) is 0 Å². The third kappa shape index (κ3) is 2.87. The maximum atomic E-state index is 11.7. The van der Waals surface area contributed by atoms with Gasteiger partial charge in [0, 0.05) is 22.3 Å². The summed E-state index contributed by atoms with van der Waals surface area (Å²) in [6.07, 6.45) is 2.01. The van der Waals surface area contributed by atoms with Crippen LogP contribution in [-0.2, 0) is 4.79 Å². The number of nitrogens with one attached hydrogen (secondary N) is 2. The zero-order valence-electron chi connectivity index (χ0n) is 10.7. The molecule has 0 spiro atoms. The predicted octanol–water partition coefficient (Wildman–Crippen LogP) is 2.29. The van der Waals surface area contributed by atoms with Crippen molar-refractivity contribution in [3.05, 3.63) is 21.4 Å². The van der Waals surface area contributed by atoms with Crippen LogP contribution in [0.4, 0.5) is 0 Å². The first-order valence-electron chi connectivity index (χ1n) is 6.18. The molecular weight excluding hydrogens is 232 g/mol. The highest BCUT2D eigenvalue weighted by Crippen LogP contribution is 2.26. The number of piperidine rings is 1. The van der Waals surface area contributed by atoms with Gasteiger partial charge in [0.05, 0.1) is 6.04 Å². The lowest BCUT2D eigenvalue weighted by Gasteiger charge is -2.26. The van der Waals surface area contributed by atoms with E-state index in [4.69, 9.17) is 0 Å². The van der Waals surface area contributed by atoms with Gasteiger partial charge >= 0.3 is 0 Å². The summed E-state index contributed by atoms with van der Waals surface area (Å²) in [5, 5.41) is 6.34. The summed E-state index contributed by atoms with van der Waals surface area (Å²) < 4.78 is 0. The van der Waals surface area contributed by atoms with Gasteiger partial charge in [0.25, 0.3) is 0 Å². The fraction of sp³-hybridized carbons (Fsp3) is 0.615. The first kappa shape index (κ1) is 12.6. The van der Waals surface area contributed by atoms with Gasteiger partial charge in [0.2, 0.25) is 5.91 Å². The Labute approximate surface area is 107 Å². The van der Waals surface area contributed by atoms with Crippen LogP contribution < -0.4 is 10.6 Å². The van der Waals surface area contributed by atoms with E-state index < -0.39 is 0 Å². The highest BCUT2D eigenvalue weighted by Gasteiger charge is 2.24. The van der Waals surface area contributed by atoms with Crippen molar-refractivity contribution in [3.8, 4) is 0 Å². The monoisotopic (exact) mass is 252 g/mol. The van der Waals surface area contributed by atoms with Crippen LogP contribution in [0.15, 0.2) is 6.07 Å². The molecular formula is C13H20N2OS. The van der Waals surface area contributed by atoms with E-state index in [-0.39, 0.29) is 18.0 Å². The smallest absolute Gasteiger partial charge is 0.237 e. The minimum absolute atomic E-state index is 0.0293. The highest BCUT2D eigenvalue weighted by atomic mass is 32.1. The lowest BCUT2D eigenvalue weighted by Crippen LogP contribution is -2.48. The lowest BCUT2D eigenvalue weighted by molar-refractivity contribution is -0.124. The molecule has 94 valence electrons. The molecule has 1 fully saturated rings. The second-order valence-corrected chi connectivity index (χ2v) is 6.20. The largest absolute Gasteiger partial charge is 0.355 e. The van der Waals surface area contributed by atoms with Crippen molar-refractivity contribution in [3.63, 3.8) is 0 Å². The molecule has 1 aliphatic rings. The standard InChI is InChI=1S/C13H20N2OS/c1-8-7-11(10(3)17-8)9(2)15-12-5-4-6-14-13(12)16/h7,9,12,15H,4-6H2,1-3H3,(H,14,16). The van der Waals surface area contributed by atoms with Crippen LogP contribution in [0.3, 0.4) is 0 Å². The van der Waals surface area contributed by atoms with Crippen molar-refractivity contribution in [2.24, 2.45) is 0 Å². The molecule has 2 atom stereocenters. The minimum Gasteiger partial charge on any atom is -0.355 e. The molecule has 1 amide bonds. The molecule has 0 radical (unpaired) electrons. The Hall–Kier alpha value is -0.870. The van der Waals surface area contributed by atoms with Crippen LogP contribution in [0.2, 0.25) is 0 Å². The van der Waals surface area contributed by atoms with Gasteiger partial charge in [0.1, 0.15) is 0 Å². The number of thiophene rings is 1. The lowest BCUT2D eigenvalue weighted by atomic mass is 10.0. The first-order valence-corrected chi connectivity index (χ1v) is 7.00. The maximum Gasteiger partial charge on any atom is 0.237 e. The quantitative estimate of drug-likeness (QED) is 0.866. The fourth-order valence-corrected chi connectivity index (χ4v) is 3.43. The van der Waals surface area contributed by atoms with Gasteiger partial charge in [-0.3, -0.25) is 10.1 Å². The summed E-state index contributed by atoms with van der Waals surface area (Å²) >= 11 is 1.82. The molecule has 1 saturated heterocycles. The number of carbonyl (C=O) groups is 1. The van der Waals surface area contributed by atoms with Gasteiger partial charge in [-0.15, -0.1) is 11.3 Å². The Morgan fingerprint density at radius 2 is 2.29 bits per heavy atom. The molecule has 1 aliphatic heterocycles. The van der Waals surface area contributed by atoms with Gasteiger partial charge in [-0.05, 0) is 45.2 Å². The first-order chi connectivity index (χ1) is 8.08. The molecule has 2 N–H and O–H groups in total. The zero-order chi connectivity index (χ0) is 12.4. The molecule has 0 saturated carbocycles. The molecule has 1 aromatic heterocycles. The number of hydrogen-bond acceptors (Lipinski definition) is 3. The van der Waals surface area contributed by atoms with E-state index >= 15 is 0 Å². The van der Waals surface area contributed by atoms with E-state index in [9.17, 15) is 4.79 Å². The molecule has 2 heterocycles. The summed E-state index contributed by atoms with van der Waals surface area (Å²) in [6, 6.07) is 2.44. The third-order valence-electron chi connectivity index (χ3n) is 3.28. The Morgan fingerprint density at radius 1 is 1.53 bits per heavy atom. The average molecular weight is 252 g/mol. The van der Waals surface area contributed by atoms with E-state index in [2.05, 4.69) is 37.5 Å². The molecule has 2 unspecified atom stereocenters. The summed E-state index contributed by atoms with van der Waals surface area (Å²) in [7, 11) is 0. The van der Waals surface area contributed by atoms with Crippen LogP contribution in [0.25, 0.3) is 0 Å². The van der Waals surface area contributed by atoms with E-state index in [1.54, 1.807) is 0 Å². The molecule has 0 bridgehead atoms. The van der Waals surface area contributed by atoms with Gasteiger partial charge < -0.3 is 5.32 Å². The molecule has 1 aromatic rings. The molecule has 17 heavy (non-hydrogen) atoms. The van der Waals surface area contributed by atoms with Crippen molar-refractivity contribution in [1.82, 2.24) is 10.6 Å². The molecule has 0 aromatic carbocycles. The van der Waals surface area contributed by atoms with Crippen LogP contribution in [0.5, 0.6) is 0 Å². The van der Waals surface area contributed by atoms with E-state index in [1.165, 1.54) is 15.3 Å². The Kier molecular flexibility index (Phi) is 3.84. The fourth-order valence-electron chi connectivity index (χ4n) is 2.40. The number of hydrogen-bond donors (Lipinski definition) is 2. The van der Waals surface area contributed by atoms with Gasteiger partial charge in [-0.2, -0.15) is 0 Å². The highest BCUT2D eigenvalue weighted by molar-refractivity contribution is 7.12. The van der Waals surface area contributed by atoms with Crippen molar-refractivity contribution in [2.75, 3.05) is 6.54 Å². The van der Waals surface area contributed by atoms with Crippen LogP contribution >= 0.6 is 11.3 Å². The van der Waals surface area contributed by atoms with Crippen molar-refractivity contribution in [1.29, 1.82) is 0 Å². The van der Waals surface area contributed by atoms with Crippen molar-refractivity contribution in [2.45, 2.75) is 45.7 Å². The normalized spacial score (nSPS) is 22.3. The topological polar surface area (TPSA) is 41.1 Å². The predicted molar refractivity (Wildman–Crippen MR) is 71.4 cm³/mol. The third-order valence-corrected chi connectivity index (χ3v) is 4.26. The Balaban J connectivity index is 2.03. The molecule has 0 aliphatic carbocycles. The summed E-state index contributed by atoms with van der Waals surface area (Å²) in [5.74, 6) is 0.146. The van der Waals surface area contributed by atoms with Gasteiger partial charge in [0.15, 0.2) is 0 Å². The van der Waals surface area contributed by atoms with E-state index in [0.29, 0.717) is 0 Å². The number of amides is 1. The zero-order valence-corrected chi connectivity index (χ0v) is 11.5. The molecule has 3 nitrogen and oxygen atoms in total. The minimum atomic E-state index is -0.0293. The molecule has 4 heteroatoms. The number of rotatable bonds is 3. The van der Waals surface area contributed by atoms with E-state index in [0.717, 1.165) is 19.4 Å². The average Bonchev–Trinajstić information content (AvgIpc) is 2.61. The van der Waals surface area contributed by atoms with Gasteiger partial charge in [-0.25, -0.2) is 0 Å². The van der Waals surface area contributed by atoms with Crippen LogP contribution in [0, 0.1) is 13.8 Å². The second-order valence-electron chi connectivity index (χ2n) is 4.74. The van der Waals surface area contributed by atoms with E-state index in [1.807, 2.05) is 11.3 Å². The summed E-state index contributed by atoms with van der Waals surface area (Å²) in [6.45, 7) is 7.23. The summed E-state index contributed by atoms with van der Waals surface area (Å²) in [5.41, 5.74) is 1.32. The number of carbonyl (C=O) groups excluding carboxylic acids is 1. The number of aryl methyl sites for hydroxylation is 2. The van der Waals surface area contributed by atoms with Crippen molar-refractivity contribution >= 4 is 17.2 Å². The molecule has 2 rings (SSSR count).